The molecule has 0 N–H and O–H groups in total. The highest BCUT2D eigenvalue weighted by molar-refractivity contribution is 6.09. The number of aryl methyl sites for hydroxylation is 2. The van der Waals surface area contributed by atoms with Gasteiger partial charge in [-0.1, -0.05) is 35.9 Å². The SMILES string of the molecule is COC(=O)Cc1c(C)c2c3c(cc(-c4ccnc(-c5ccc6c(cnn6C)c5)c4)n3CCN2C)c1-c1ccc(C)cc1. The molecule has 0 fully saturated rings. The lowest BCUT2D eigenvalue weighted by Crippen LogP contribution is -2.29. The van der Waals surface area contributed by atoms with Gasteiger partial charge in [0.15, 0.2) is 0 Å². The van der Waals surface area contributed by atoms with Crippen molar-refractivity contribution < 1.29 is 9.53 Å². The Morgan fingerprint density at radius 2 is 1.71 bits per heavy atom. The van der Waals surface area contributed by atoms with Crippen LogP contribution in [-0.4, -0.2) is 46.0 Å². The summed E-state index contributed by atoms with van der Waals surface area (Å²) in [5.74, 6) is -0.236. The minimum Gasteiger partial charge on any atom is -0.469 e. The van der Waals surface area contributed by atoms with E-state index in [0.29, 0.717) is 0 Å². The number of esters is 1. The van der Waals surface area contributed by atoms with Crippen LogP contribution in [0, 0.1) is 13.8 Å². The molecule has 0 saturated carbocycles. The maximum Gasteiger partial charge on any atom is 0.310 e. The molecule has 7 rings (SSSR count). The number of aromatic nitrogens is 4. The fourth-order valence-corrected chi connectivity index (χ4v) is 6.52. The molecule has 0 amide bonds. The van der Waals surface area contributed by atoms with Crippen LogP contribution in [0.25, 0.3) is 55.4 Å². The number of carbonyl (C=O) groups excluding carboxylic acids is 1. The standard InChI is InChI=1S/C35H33N5O2/c1-21-6-8-23(9-7-21)33-27(19-32(41)42-5)22(2)34-35-28(33)18-31(40(35)15-14-38(34)3)25-12-13-36-29(17-25)24-10-11-30-26(16-24)20-37-39(30)4/h6-13,16-18,20H,14-15,19H2,1-5H3. The summed E-state index contributed by atoms with van der Waals surface area (Å²) in [7, 11) is 5.56. The summed E-state index contributed by atoms with van der Waals surface area (Å²) in [6.45, 7) is 5.98. The van der Waals surface area contributed by atoms with Crippen LogP contribution in [0.3, 0.4) is 0 Å². The number of hydrogen-bond acceptors (Lipinski definition) is 5. The summed E-state index contributed by atoms with van der Waals surface area (Å²) in [4.78, 5) is 19.8. The molecule has 210 valence electrons. The molecule has 3 aromatic carbocycles. The molecule has 0 radical (unpaired) electrons. The third-order valence-corrected chi connectivity index (χ3v) is 8.73. The Bertz CT molecular complexity index is 2020. The van der Waals surface area contributed by atoms with E-state index in [1.807, 2.05) is 24.1 Å². The van der Waals surface area contributed by atoms with Crippen LogP contribution < -0.4 is 4.90 Å². The molecule has 6 aromatic rings. The van der Waals surface area contributed by atoms with E-state index in [-0.39, 0.29) is 12.4 Å². The first kappa shape index (κ1) is 26.0. The predicted molar refractivity (Wildman–Crippen MR) is 169 cm³/mol. The number of anilines is 1. The minimum atomic E-state index is -0.236. The molecular weight excluding hydrogens is 522 g/mol. The van der Waals surface area contributed by atoms with Gasteiger partial charge < -0.3 is 14.2 Å². The Balaban J connectivity index is 1.47. The number of carbonyl (C=O) groups is 1. The van der Waals surface area contributed by atoms with Gasteiger partial charge in [0.05, 0.1) is 42.1 Å². The Morgan fingerprint density at radius 3 is 2.50 bits per heavy atom. The van der Waals surface area contributed by atoms with Crippen LogP contribution >= 0.6 is 0 Å². The Hall–Kier alpha value is -4.91. The van der Waals surface area contributed by atoms with E-state index in [4.69, 9.17) is 9.72 Å². The van der Waals surface area contributed by atoms with Crippen molar-refractivity contribution in [3.05, 3.63) is 89.7 Å². The number of nitrogens with zero attached hydrogens (tertiary/aromatic N) is 5. The second-order valence-electron chi connectivity index (χ2n) is 11.3. The van der Waals surface area contributed by atoms with Crippen LogP contribution in [0.5, 0.6) is 0 Å². The second kappa shape index (κ2) is 9.87. The van der Waals surface area contributed by atoms with Crippen LogP contribution in [-0.2, 0) is 29.5 Å². The monoisotopic (exact) mass is 555 g/mol. The Morgan fingerprint density at radius 1 is 0.929 bits per heavy atom. The molecule has 42 heavy (non-hydrogen) atoms. The number of ether oxygens (including phenoxy) is 1. The zero-order chi connectivity index (χ0) is 29.1. The topological polar surface area (TPSA) is 65.2 Å². The summed E-state index contributed by atoms with van der Waals surface area (Å²) < 4.78 is 9.49. The third-order valence-electron chi connectivity index (χ3n) is 8.73. The first-order valence-electron chi connectivity index (χ1n) is 14.3. The number of fused-ring (bicyclic) bond motifs is 1. The van der Waals surface area contributed by atoms with Gasteiger partial charge in [0.25, 0.3) is 0 Å². The normalized spacial score (nSPS) is 12.8. The van der Waals surface area contributed by atoms with Crippen molar-refractivity contribution in [1.29, 1.82) is 0 Å². The maximum absolute atomic E-state index is 12.7. The van der Waals surface area contributed by atoms with Gasteiger partial charge in [-0.15, -0.1) is 0 Å². The van der Waals surface area contributed by atoms with E-state index >= 15 is 0 Å². The number of rotatable bonds is 5. The first-order valence-corrected chi connectivity index (χ1v) is 14.3. The average molecular weight is 556 g/mol. The van der Waals surface area contributed by atoms with E-state index in [9.17, 15) is 4.79 Å². The largest absolute Gasteiger partial charge is 0.469 e. The lowest BCUT2D eigenvalue weighted by atomic mass is 9.88. The molecule has 0 atom stereocenters. The zero-order valence-electron chi connectivity index (χ0n) is 24.6. The van der Waals surface area contributed by atoms with Crippen LogP contribution in [0.2, 0.25) is 0 Å². The molecular formula is C35H33N5O2. The number of benzene rings is 3. The highest BCUT2D eigenvalue weighted by Crippen LogP contribution is 2.46. The summed E-state index contributed by atoms with van der Waals surface area (Å²) in [6, 6.07) is 21.5. The summed E-state index contributed by atoms with van der Waals surface area (Å²) >= 11 is 0. The van der Waals surface area contributed by atoms with Crippen molar-refractivity contribution in [2.24, 2.45) is 7.05 Å². The van der Waals surface area contributed by atoms with Gasteiger partial charge in [-0.2, -0.15) is 5.10 Å². The molecule has 0 aliphatic carbocycles. The Kier molecular flexibility index (Phi) is 6.12. The van der Waals surface area contributed by atoms with Crippen LogP contribution in [0.4, 0.5) is 5.69 Å². The molecule has 1 aliphatic heterocycles. The van der Waals surface area contributed by atoms with Crippen LogP contribution in [0.15, 0.2) is 73.1 Å². The average Bonchev–Trinajstić information content (AvgIpc) is 3.57. The summed E-state index contributed by atoms with van der Waals surface area (Å²) in [6.07, 6.45) is 4.01. The van der Waals surface area contributed by atoms with Crippen molar-refractivity contribution >= 4 is 33.5 Å². The maximum atomic E-state index is 12.7. The fourth-order valence-electron chi connectivity index (χ4n) is 6.52. The van der Waals surface area contributed by atoms with Gasteiger partial charge in [0.2, 0.25) is 0 Å². The molecule has 0 bridgehead atoms. The Labute approximate surface area is 245 Å². The van der Waals surface area contributed by atoms with E-state index in [2.05, 4.69) is 96.1 Å². The van der Waals surface area contributed by atoms with Gasteiger partial charge in [0, 0.05) is 61.0 Å². The van der Waals surface area contributed by atoms with E-state index < -0.39 is 0 Å². The number of methoxy groups -OCH3 is 1. The van der Waals surface area contributed by atoms with Crippen LogP contribution in [0.1, 0.15) is 16.7 Å². The highest BCUT2D eigenvalue weighted by atomic mass is 16.5. The van der Waals surface area contributed by atoms with E-state index in [1.165, 1.54) is 23.9 Å². The zero-order valence-corrected chi connectivity index (χ0v) is 24.6. The molecule has 7 heteroatoms. The van der Waals surface area contributed by atoms with E-state index in [0.717, 1.165) is 74.1 Å². The molecule has 3 aromatic heterocycles. The molecule has 1 aliphatic rings. The lowest BCUT2D eigenvalue weighted by molar-refractivity contribution is -0.139. The molecule has 0 unspecified atom stereocenters. The quantitative estimate of drug-likeness (QED) is 0.221. The molecule has 7 nitrogen and oxygen atoms in total. The number of hydrogen-bond donors (Lipinski definition) is 0. The predicted octanol–water partition coefficient (Wildman–Crippen LogP) is 6.71. The van der Waals surface area contributed by atoms with Gasteiger partial charge >= 0.3 is 5.97 Å². The van der Waals surface area contributed by atoms with Gasteiger partial charge in [-0.05, 0) is 66.4 Å². The lowest BCUT2D eigenvalue weighted by Gasteiger charge is -2.31. The first-order chi connectivity index (χ1) is 20.3. The van der Waals surface area contributed by atoms with Crippen molar-refractivity contribution in [2.45, 2.75) is 26.8 Å². The highest BCUT2D eigenvalue weighted by Gasteiger charge is 2.29. The second-order valence-corrected chi connectivity index (χ2v) is 11.3. The van der Waals surface area contributed by atoms with E-state index in [1.54, 1.807) is 0 Å². The van der Waals surface area contributed by atoms with Crippen molar-refractivity contribution in [1.82, 2.24) is 19.3 Å². The molecule has 0 saturated heterocycles. The van der Waals surface area contributed by atoms with Crippen molar-refractivity contribution in [3.8, 4) is 33.6 Å². The molecule has 4 heterocycles. The van der Waals surface area contributed by atoms with Crippen molar-refractivity contribution in [3.63, 3.8) is 0 Å². The minimum absolute atomic E-state index is 0.221. The van der Waals surface area contributed by atoms with Gasteiger partial charge in [0.1, 0.15) is 0 Å². The summed E-state index contributed by atoms with van der Waals surface area (Å²) in [5, 5.41) is 6.64. The van der Waals surface area contributed by atoms with Gasteiger partial charge in [-0.25, -0.2) is 0 Å². The number of likely N-dealkylation sites (N-methyl/N-ethyl adjacent to an activating group) is 1. The smallest absolute Gasteiger partial charge is 0.310 e. The van der Waals surface area contributed by atoms with Gasteiger partial charge in [-0.3, -0.25) is 14.5 Å². The fraction of sp³-hybridized carbons (Fsp3) is 0.229. The molecule has 0 spiro atoms. The third kappa shape index (κ3) is 4.07. The number of pyridine rings is 1. The van der Waals surface area contributed by atoms with Crippen molar-refractivity contribution in [2.75, 3.05) is 25.6 Å². The summed E-state index contributed by atoms with van der Waals surface area (Å²) in [5.41, 5.74) is 13.3.